The molecule has 1 N–H and O–H groups in total. The summed E-state index contributed by atoms with van der Waals surface area (Å²) in [7, 11) is 1.74. The summed E-state index contributed by atoms with van der Waals surface area (Å²) in [6, 6.07) is 8.48. The van der Waals surface area contributed by atoms with E-state index in [4.69, 9.17) is 9.15 Å². The quantitative estimate of drug-likeness (QED) is 0.851. The fourth-order valence-electron chi connectivity index (χ4n) is 2.08. The number of furan rings is 1. The maximum absolute atomic E-state index is 5.53. The molecule has 0 saturated carbocycles. The first-order valence-corrected chi connectivity index (χ1v) is 6.39. The number of benzene rings is 1. The molecule has 2 aromatic rings. The number of hydrogen-bond donors (Lipinski definition) is 1. The summed E-state index contributed by atoms with van der Waals surface area (Å²) >= 11 is 0. The van der Waals surface area contributed by atoms with Crippen molar-refractivity contribution in [3.05, 3.63) is 36.1 Å². The number of hydrogen-bond acceptors (Lipinski definition) is 3. The Bertz CT molecular complexity index is 490. The number of para-hydroxylation sites is 1. The number of nitrogens with one attached hydrogen (secondary N) is 1. The molecule has 1 unspecified atom stereocenters. The zero-order valence-corrected chi connectivity index (χ0v) is 11.3. The summed E-state index contributed by atoms with van der Waals surface area (Å²) in [5, 5.41) is 4.71. The van der Waals surface area contributed by atoms with Gasteiger partial charge in [0.2, 0.25) is 0 Å². The van der Waals surface area contributed by atoms with Gasteiger partial charge in [0, 0.05) is 30.6 Å². The average Bonchev–Trinajstić information content (AvgIpc) is 2.77. The lowest BCUT2D eigenvalue weighted by molar-refractivity contribution is 0.146. The van der Waals surface area contributed by atoms with E-state index in [1.165, 1.54) is 10.9 Å². The van der Waals surface area contributed by atoms with Crippen molar-refractivity contribution in [2.24, 2.45) is 5.92 Å². The molecular formula is C15H21NO2. The van der Waals surface area contributed by atoms with E-state index in [9.17, 15) is 0 Å². The van der Waals surface area contributed by atoms with Gasteiger partial charge in [-0.05, 0) is 12.0 Å². The Balaban J connectivity index is 2.05. The van der Waals surface area contributed by atoms with E-state index in [2.05, 4.69) is 25.2 Å². The van der Waals surface area contributed by atoms with Gasteiger partial charge in [-0.15, -0.1) is 0 Å². The summed E-state index contributed by atoms with van der Waals surface area (Å²) in [6.07, 6.45) is 1.84. The van der Waals surface area contributed by atoms with Crippen LogP contribution in [0, 0.1) is 5.92 Å². The lowest BCUT2D eigenvalue weighted by atomic mass is 10.0. The van der Waals surface area contributed by atoms with Gasteiger partial charge < -0.3 is 14.5 Å². The van der Waals surface area contributed by atoms with Crippen LogP contribution in [0.1, 0.15) is 19.4 Å². The van der Waals surface area contributed by atoms with Crippen molar-refractivity contribution in [3.63, 3.8) is 0 Å². The van der Waals surface area contributed by atoms with Gasteiger partial charge in [0.05, 0.1) is 12.9 Å². The van der Waals surface area contributed by atoms with Gasteiger partial charge in [-0.25, -0.2) is 0 Å². The first-order chi connectivity index (χ1) is 8.72. The number of rotatable bonds is 6. The third-order valence-electron chi connectivity index (χ3n) is 3.27. The molecule has 0 radical (unpaired) electrons. The zero-order chi connectivity index (χ0) is 13.0. The van der Waals surface area contributed by atoms with Crippen LogP contribution in [0.5, 0.6) is 0 Å². The zero-order valence-electron chi connectivity index (χ0n) is 11.3. The van der Waals surface area contributed by atoms with Crippen LogP contribution < -0.4 is 5.32 Å². The number of fused-ring (bicyclic) bond motifs is 1. The van der Waals surface area contributed by atoms with Gasteiger partial charge in [0.25, 0.3) is 0 Å². The molecule has 1 aromatic heterocycles. The molecule has 0 amide bonds. The third-order valence-corrected chi connectivity index (χ3v) is 3.27. The summed E-state index contributed by atoms with van der Waals surface area (Å²) in [6.45, 7) is 5.94. The van der Waals surface area contributed by atoms with Gasteiger partial charge in [0.1, 0.15) is 5.58 Å². The van der Waals surface area contributed by atoms with Crippen molar-refractivity contribution in [3.8, 4) is 0 Å². The summed E-state index contributed by atoms with van der Waals surface area (Å²) in [5.41, 5.74) is 2.15. The maximum atomic E-state index is 5.53. The van der Waals surface area contributed by atoms with E-state index in [0.29, 0.717) is 12.0 Å². The minimum Gasteiger partial charge on any atom is -0.464 e. The highest BCUT2D eigenvalue weighted by molar-refractivity contribution is 5.80. The minimum absolute atomic E-state index is 0.365. The fraction of sp³-hybridized carbons (Fsp3) is 0.467. The van der Waals surface area contributed by atoms with Crippen LogP contribution in [0.3, 0.4) is 0 Å². The molecule has 1 aromatic carbocycles. The second-order valence-electron chi connectivity index (χ2n) is 4.94. The van der Waals surface area contributed by atoms with Crippen LogP contribution in [0.25, 0.3) is 11.0 Å². The first kappa shape index (κ1) is 13.1. The molecule has 0 aliphatic heterocycles. The molecular weight excluding hydrogens is 226 g/mol. The van der Waals surface area contributed by atoms with Gasteiger partial charge in [-0.2, -0.15) is 0 Å². The van der Waals surface area contributed by atoms with Gasteiger partial charge in [-0.1, -0.05) is 32.0 Å². The van der Waals surface area contributed by atoms with E-state index < -0.39 is 0 Å². The van der Waals surface area contributed by atoms with Gasteiger partial charge >= 0.3 is 0 Å². The highest BCUT2D eigenvalue weighted by Gasteiger charge is 2.13. The Kier molecular flexibility index (Phi) is 4.39. The standard InChI is InChI=1S/C15H21NO2/c1-11(2)14(10-17-3)16-8-12-9-18-15-7-5-4-6-13(12)15/h4-7,9,11,14,16H,8,10H2,1-3H3. The predicted octanol–water partition coefficient (Wildman–Crippen LogP) is 3.19. The van der Waals surface area contributed by atoms with Crippen molar-refractivity contribution in [1.82, 2.24) is 5.32 Å². The Morgan fingerprint density at radius 3 is 2.78 bits per heavy atom. The van der Waals surface area contributed by atoms with Crippen LogP contribution in [-0.4, -0.2) is 19.8 Å². The molecule has 2 rings (SSSR count). The van der Waals surface area contributed by atoms with Gasteiger partial charge in [0.15, 0.2) is 0 Å². The van der Waals surface area contributed by atoms with Crippen LogP contribution >= 0.6 is 0 Å². The lowest BCUT2D eigenvalue weighted by Crippen LogP contribution is -2.37. The highest BCUT2D eigenvalue weighted by Crippen LogP contribution is 2.20. The van der Waals surface area contributed by atoms with Gasteiger partial charge in [-0.3, -0.25) is 0 Å². The monoisotopic (exact) mass is 247 g/mol. The second-order valence-corrected chi connectivity index (χ2v) is 4.94. The normalized spacial score (nSPS) is 13.3. The van der Waals surface area contributed by atoms with E-state index in [-0.39, 0.29) is 0 Å². The molecule has 0 aliphatic carbocycles. The van der Waals surface area contributed by atoms with Crippen molar-refractivity contribution in [2.45, 2.75) is 26.4 Å². The topological polar surface area (TPSA) is 34.4 Å². The molecule has 3 nitrogen and oxygen atoms in total. The largest absolute Gasteiger partial charge is 0.464 e. The third kappa shape index (κ3) is 2.92. The SMILES string of the molecule is COCC(NCc1coc2ccccc12)C(C)C. The molecule has 98 valence electrons. The Morgan fingerprint density at radius 2 is 2.06 bits per heavy atom. The smallest absolute Gasteiger partial charge is 0.134 e. The minimum atomic E-state index is 0.365. The van der Waals surface area contributed by atoms with Crippen LogP contribution in [0.2, 0.25) is 0 Å². The summed E-state index contributed by atoms with van der Waals surface area (Å²) in [4.78, 5) is 0. The molecule has 1 heterocycles. The molecule has 0 fully saturated rings. The molecule has 0 bridgehead atoms. The molecule has 0 aliphatic rings. The molecule has 3 heteroatoms. The lowest BCUT2D eigenvalue weighted by Gasteiger charge is -2.21. The molecule has 1 atom stereocenters. The van der Waals surface area contributed by atoms with Crippen molar-refractivity contribution in [1.29, 1.82) is 0 Å². The van der Waals surface area contributed by atoms with E-state index >= 15 is 0 Å². The van der Waals surface area contributed by atoms with Crippen LogP contribution in [0.15, 0.2) is 34.9 Å². The van der Waals surface area contributed by atoms with Crippen molar-refractivity contribution >= 4 is 11.0 Å². The Morgan fingerprint density at radius 1 is 1.28 bits per heavy atom. The van der Waals surface area contributed by atoms with E-state index in [0.717, 1.165) is 18.7 Å². The van der Waals surface area contributed by atoms with E-state index in [1.807, 2.05) is 24.5 Å². The fourth-order valence-corrected chi connectivity index (χ4v) is 2.08. The Labute approximate surface area is 108 Å². The summed E-state index contributed by atoms with van der Waals surface area (Å²) in [5.74, 6) is 0.545. The highest BCUT2D eigenvalue weighted by atomic mass is 16.5. The Hall–Kier alpha value is -1.32. The number of ether oxygens (including phenoxy) is 1. The first-order valence-electron chi connectivity index (χ1n) is 6.39. The maximum Gasteiger partial charge on any atom is 0.134 e. The van der Waals surface area contributed by atoms with Crippen molar-refractivity contribution in [2.75, 3.05) is 13.7 Å². The molecule has 0 spiro atoms. The molecule has 18 heavy (non-hydrogen) atoms. The number of methoxy groups -OCH3 is 1. The second kappa shape index (κ2) is 6.03. The van der Waals surface area contributed by atoms with Crippen LogP contribution in [0.4, 0.5) is 0 Å². The molecule has 0 saturated heterocycles. The average molecular weight is 247 g/mol. The predicted molar refractivity (Wildman–Crippen MR) is 73.6 cm³/mol. The van der Waals surface area contributed by atoms with Crippen molar-refractivity contribution < 1.29 is 9.15 Å². The summed E-state index contributed by atoms with van der Waals surface area (Å²) < 4.78 is 10.8. The van der Waals surface area contributed by atoms with E-state index in [1.54, 1.807) is 7.11 Å². The van der Waals surface area contributed by atoms with Crippen LogP contribution in [-0.2, 0) is 11.3 Å².